The van der Waals surface area contributed by atoms with Gasteiger partial charge >= 0.3 is 5.97 Å². The molecule has 1 aromatic carbocycles. The van der Waals surface area contributed by atoms with Crippen molar-refractivity contribution >= 4 is 5.97 Å². The minimum atomic E-state index is -0.600. The van der Waals surface area contributed by atoms with E-state index in [1.165, 1.54) is 30.4 Å². The minimum absolute atomic E-state index is 0.0887. The summed E-state index contributed by atoms with van der Waals surface area (Å²) < 4.78 is 5.18. The number of carbonyl (C=O) groups is 1. The molecule has 1 atom stereocenters. The van der Waals surface area contributed by atoms with Crippen LogP contribution >= 0.6 is 0 Å². The molecule has 1 aliphatic rings. The first kappa shape index (κ1) is 20.0. The van der Waals surface area contributed by atoms with Crippen molar-refractivity contribution in [3.63, 3.8) is 0 Å². The molecule has 2 rings (SSSR count). The number of benzene rings is 1. The van der Waals surface area contributed by atoms with E-state index in [2.05, 4.69) is 31.2 Å². The lowest BCUT2D eigenvalue weighted by molar-refractivity contribution is -0.143. The van der Waals surface area contributed by atoms with E-state index in [1.807, 2.05) is 0 Å². The lowest BCUT2D eigenvalue weighted by atomic mass is 9.79. The van der Waals surface area contributed by atoms with E-state index in [0.29, 0.717) is 5.92 Å². The predicted molar refractivity (Wildman–Crippen MR) is 102 cm³/mol. The standard InChI is InChI=1S/C22H34O3/c1-17(21-11-4-3-9-19(21)10-6-16-25-2)7-5-8-18-12-14-20(15-13-18)22(23)24/h3-4,9,11,17-18,20H,5-8,10,12-16H2,1-2H3,(H,23,24). The number of aryl methyl sites for hydroxylation is 1. The molecule has 140 valence electrons. The molecular weight excluding hydrogens is 312 g/mol. The van der Waals surface area contributed by atoms with Crippen molar-refractivity contribution in [1.82, 2.24) is 0 Å². The van der Waals surface area contributed by atoms with Crippen LogP contribution < -0.4 is 0 Å². The van der Waals surface area contributed by atoms with Gasteiger partial charge in [-0.2, -0.15) is 0 Å². The van der Waals surface area contributed by atoms with Crippen LogP contribution in [0.2, 0.25) is 0 Å². The minimum Gasteiger partial charge on any atom is -0.481 e. The van der Waals surface area contributed by atoms with Crippen LogP contribution in [0.25, 0.3) is 0 Å². The maximum Gasteiger partial charge on any atom is 0.306 e. The van der Waals surface area contributed by atoms with Crippen molar-refractivity contribution in [2.75, 3.05) is 13.7 Å². The molecular formula is C22H34O3. The van der Waals surface area contributed by atoms with Gasteiger partial charge in [0.25, 0.3) is 0 Å². The number of rotatable bonds is 10. The SMILES string of the molecule is COCCCc1ccccc1C(C)CCCC1CCC(C(=O)O)CC1. The molecule has 1 saturated carbocycles. The van der Waals surface area contributed by atoms with E-state index in [4.69, 9.17) is 9.84 Å². The van der Waals surface area contributed by atoms with Crippen molar-refractivity contribution in [3.05, 3.63) is 35.4 Å². The van der Waals surface area contributed by atoms with Crippen molar-refractivity contribution in [2.24, 2.45) is 11.8 Å². The lowest BCUT2D eigenvalue weighted by Gasteiger charge is -2.26. The summed E-state index contributed by atoms with van der Waals surface area (Å²) in [5.41, 5.74) is 2.96. The van der Waals surface area contributed by atoms with Crippen LogP contribution in [-0.2, 0) is 16.0 Å². The molecule has 0 aliphatic heterocycles. The van der Waals surface area contributed by atoms with Gasteiger partial charge in [0.15, 0.2) is 0 Å². The van der Waals surface area contributed by atoms with Gasteiger partial charge < -0.3 is 9.84 Å². The average molecular weight is 347 g/mol. The molecule has 0 radical (unpaired) electrons. The normalized spacial score (nSPS) is 21.8. The van der Waals surface area contributed by atoms with Crippen LogP contribution in [0.15, 0.2) is 24.3 Å². The van der Waals surface area contributed by atoms with E-state index >= 15 is 0 Å². The summed E-state index contributed by atoms with van der Waals surface area (Å²) in [6.45, 7) is 3.16. The fourth-order valence-corrected chi connectivity index (χ4v) is 4.22. The summed E-state index contributed by atoms with van der Waals surface area (Å²) in [5.74, 6) is 0.639. The van der Waals surface area contributed by atoms with E-state index in [9.17, 15) is 4.79 Å². The van der Waals surface area contributed by atoms with Gasteiger partial charge in [-0.25, -0.2) is 0 Å². The Bertz CT molecular complexity index is 518. The molecule has 1 aromatic rings. The molecule has 0 saturated heterocycles. The maximum atomic E-state index is 11.0. The molecule has 25 heavy (non-hydrogen) atoms. The molecule has 0 bridgehead atoms. The third-order valence-corrected chi connectivity index (χ3v) is 5.83. The fourth-order valence-electron chi connectivity index (χ4n) is 4.22. The van der Waals surface area contributed by atoms with Crippen LogP contribution in [0.1, 0.15) is 75.3 Å². The van der Waals surface area contributed by atoms with Gasteiger partial charge in [0.2, 0.25) is 0 Å². The van der Waals surface area contributed by atoms with Crippen LogP contribution in [0.3, 0.4) is 0 Å². The predicted octanol–water partition coefficient (Wildman–Crippen LogP) is 5.43. The number of methoxy groups -OCH3 is 1. The first-order valence-electron chi connectivity index (χ1n) is 9.91. The molecule has 0 spiro atoms. The topological polar surface area (TPSA) is 46.5 Å². The van der Waals surface area contributed by atoms with Crippen LogP contribution in [-0.4, -0.2) is 24.8 Å². The second-order valence-electron chi connectivity index (χ2n) is 7.68. The van der Waals surface area contributed by atoms with Gasteiger partial charge in [0.1, 0.15) is 0 Å². The number of hydrogen-bond donors (Lipinski definition) is 1. The highest BCUT2D eigenvalue weighted by molar-refractivity contribution is 5.69. The summed E-state index contributed by atoms with van der Waals surface area (Å²) in [6, 6.07) is 8.83. The zero-order valence-electron chi connectivity index (χ0n) is 15.9. The van der Waals surface area contributed by atoms with E-state index in [1.54, 1.807) is 7.11 Å². The molecule has 0 amide bonds. The first-order valence-corrected chi connectivity index (χ1v) is 9.91. The van der Waals surface area contributed by atoms with E-state index in [0.717, 1.165) is 51.0 Å². The summed E-state index contributed by atoms with van der Waals surface area (Å²) in [4.78, 5) is 11.0. The number of carboxylic acid groups (broad SMARTS) is 1. The summed E-state index contributed by atoms with van der Waals surface area (Å²) in [7, 11) is 1.76. The van der Waals surface area contributed by atoms with Crippen LogP contribution in [0.4, 0.5) is 0 Å². The maximum absolute atomic E-state index is 11.0. The third-order valence-electron chi connectivity index (χ3n) is 5.83. The van der Waals surface area contributed by atoms with Gasteiger partial charge in [-0.05, 0) is 67.9 Å². The quantitative estimate of drug-likeness (QED) is 0.575. The third kappa shape index (κ3) is 6.47. The second kappa shape index (κ2) is 10.6. The molecule has 0 heterocycles. The smallest absolute Gasteiger partial charge is 0.306 e. The van der Waals surface area contributed by atoms with E-state index in [-0.39, 0.29) is 5.92 Å². The Morgan fingerprint density at radius 1 is 1.20 bits per heavy atom. The number of carboxylic acids is 1. The van der Waals surface area contributed by atoms with Crippen LogP contribution in [0, 0.1) is 11.8 Å². The monoisotopic (exact) mass is 346 g/mol. The average Bonchev–Trinajstić information content (AvgIpc) is 2.62. The lowest BCUT2D eigenvalue weighted by Crippen LogP contribution is -2.21. The van der Waals surface area contributed by atoms with Gasteiger partial charge in [0.05, 0.1) is 5.92 Å². The zero-order chi connectivity index (χ0) is 18.1. The molecule has 1 aliphatic carbocycles. The van der Waals surface area contributed by atoms with Crippen molar-refractivity contribution < 1.29 is 14.6 Å². The largest absolute Gasteiger partial charge is 0.481 e. The summed E-state index contributed by atoms with van der Waals surface area (Å²) in [6.07, 6.45) is 9.83. The van der Waals surface area contributed by atoms with Gasteiger partial charge in [-0.1, -0.05) is 44.0 Å². The number of aliphatic carboxylic acids is 1. The Morgan fingerprint density at radius 2 is 1.92 bits per heavy atom. The molecule has 3 nitrogen and oxygen atoms in total. The Kier molecular flexibility index (Phi) is 8.47. The highest BCUT2D eigenvalue weighted by Crippen LogP contribution is 2.33. The first-order chi connectivity index (χ1) is 12.1. The molecule has 1 N–H and O–H groups in total. The molecule has 0 aromatic heterocycles. The summed E-state index contributed by atoms with van der Waals surface area (Å²) >= 11 is 0. The zero-order valence-corrected chi connectivity index (χ0v) is 15.9. The Labute approximate surface area is 152 Å². The molecule has 3 heteroatoms. The fraction of sp³-hybridized carbons (Fsp3) is 0.682. The van der Waals surface area contributed by atoms with Crippen molar-refractivity contribution in [1.29, 1.82) is 0 Å². The second-order valence-corrected chi connectivity index (χ2v) is 7.68. The van der Waals surface area contributed by atoms with Gasteiger partial charge in [-0.3, -0.25) is 4.79 Å². The number of hydrogen-bond acceptors (Lipinski definition) is 2. The Morgan fingerprint density at radius 3 is 2.60 bits per heavy atom. The van der Waals surface area contributed by atoms with Gasteiger partial charge in [-0.15, -0.1) is 0 Å². The van der Waals surface area contributed by atoms with Crippen molar-refractivity contribution in [2.45, 2.75) is 70.6 Å². The molecule has 1 unspecified atom stereocenters. The molecule has 1 fully saturated rings. The highest BCUT2D eigenvalue weighted by Gasteiger charge is 2.25. The highest BCUT2D eigenvalue weighted by atomic mass is 16.5. The van der Waals surface area contributed by atoms with Crippen LogP contribution in [0.5, 0.6) is 0 Å². The Balaban J connectivity index is 1.75. The number of ether oxygens (including phenoxy) is 1. The van der Waals surface area contributed by atoms with E-state index < -0.39 is 5.97 Å². The Hall–Kier alpha value is -1.35. The summed E-state index contributed by atoms with van der Waals surface area (Å²) in [5, 5.41) is 9.09. The van der Waals surface area contributed by atoms with Gasteiger partial charge in [0, 0.05) is 13.7 Å². The van der Waals surface area contributed by atoms with Crippen molar-refractivity contribution in [3.8, 4) is 0 Å².